The van der Waals surface area contributed by atoms with Crippen molar-refractivity contribution in [1.29, 1.82) is 0 Å². The minimum Gasteiger partial charge on any atom is -0.872 e. The summed E-state index contributed by atoms with van der Waals surface area (Å²) in [6, 6.07) is 22.5. The molecule has 45 heavy (non-hydrogen) atoms. The molecule has 0 aliphatic heterocycles. The normalized spacial score (nSPS) is 10.9. The third kappa shape index (κ3) is 9.22. The summed E-state index contributed by atoms with van der Waals surface area (Å²) >= 11 is 2.75. The summed E-state index contributed by atoms with van der Waals surface area (Å²) in [6.45, 7) is 3.85. The molecule has 2 heterocycles. The number of aryl methyl sites for hydroxylation is 2. The molecule has 0 aliphatic carbocycles. The molecule has 0 N–H and O–H groups in total. The molecule has 227 valence electrons. The molecule has 4 aromatic carbocycles. The monoisotopic (exact) mass is 681 g/mol. The van der Waals surface area contributed by atoms with Gasteiger partial charge in [-0.2, -0.15) is 0 Å². The molecule has 0 atom stereocenters. The number of thiazole rings is 2. The van der Waals surface area contributed by atoms with Gasteiger partial charge >= 0.3 is 16.8 Å². The van der Waals surface area contributed by atoms with Crippen LogP contribution in [0.2, 0.25) is 0 Å². The van der Waals surface area contributed by atoms with Crippen molar-refractivity contribution < 1.29 is 35.8 Å². The Morgan fingerprint density at radius 1 is 0.600 bits per heavy atom. The molecule has 0 spiro atoms. The number of rotatable bonds is 6. The first-order chi connectivity index (χ1) is 21.2. The zero-order valence-corrected chi connectivity index (χ0v) is 26.6. The van der Waals surface area contributed by atoms with Gasteiger partial charge in [0.25, 0.3) is 0 Å². The Balaban J connectivity index is 0.000000200. The first-order valence-corrected chi connectivity index (χ1v) is 15.1. The number of aromatic nitrogens is 2. The first-order valence-electron chi connectivity index (χ1n) is 13.3. The van der Waals surface area contributed by atoms with E-state index >= 15 is 0 Å². The number of benzene rings is 4. The molecule has 0 unspecified atom stereocenters. The maximum absolute atomic E-state index is 12.9. The second kappa shape index (κ2) is 15.4. The Labute approximate surface area is 277 Å². The van der Waals surface area contributed by atoms with Gasteiger partial charge in [-0.25, -0.2) is 28.7 Å². The average molecular weight is 682 g/mol. The molecule has 0 bridgehead atoms. The van der Waals surface area contributed by atoms with E-state index in [1.165, 1.54) is 71.5 Å². The van der Waals surface area contributed by atoms with Gasteiger partial charge in [0.15, 0.2) is 0 Å². The summed E-state index contributed by atoms with van der Waals surface area (Å²) in [6.07, 6.45) is 3.06. The molecule has 0 fully saturated rings. The minimum atomic E-state index is -0.278. The van der Waals surface area contributed by atoms with E-state index in [2.05, 4.69) is 20.0 Å². The van der Waals surface area contributed by atoms with E-state index in [1.54, 1.807) is 48.5 Å². The molecule has 0 amide bonds. The van der Waals surface area contributed by atoms with Gasteiger partial charge in [-0.15, -0.1) is 34.2 Å². The molecule has 6 nitrogen and oxygen atoms in total. The minimum absolute atomic E-state index is 0. The third-order valence-corrected chi connectivity index (χ3v) is 7.72. The fourth-order valence-electron chi connectivity index (χ4n) is 3.94. The first kappa shape index (κ1) is 33.3. The van der Waals surface area contributed by atoms with Crippen LogP contribution in [0.4, 0.5) is 19.0 Å². The zero-order valence-electron chi connectivity index (χ0n) is 23.9. The molecule has 0 saturated carbocycles. The van der Waals surface area contributed by atoms with Crippen molar-refractivity contribution in [2.75, 3.05) is 0 Å². The molecule has 0 saturated heterocycles. The van der Waals surface area contributed by atoms with Crippen molar-refractivity contribution in [1.82, 2.24) is 9.97 Å². The Bertz CT molecular complexity index is 1800. The number of hydrogen-bond donors (Lipinski definition) is 0. The van der Waals surface area contributed by atoms with Crippen molar-refractivity contribution in [3.63, 3.8) is 0 Å². The number of hydrogen-bond acceptors (Lipinski definition) is 8. The number of halogens is 2. The van der Waals surface area contributed by atoms with Crippen LogP contribution in [0.3, 0.4) is 0 Å². The topological polar surface area (TPSA) is 96.6 Å². The van der Waals surface area contributed by atoms with Crippen LogP contribution in [0.5, 0.6) is 11.5 Å². The van der Waals surface area contributed by atoms with Crippen molar-refractivity contribution in [3.05, 3.63) is 130 Å². The molecule has 2 aromatic heterocycles. The fourth-order valence-corrected chi connectivity index (χ4v) is 5.28. The van der Waals surface area contributed by atoms with Gasteiger partial charge in [-0.1, -0.05) is 47.5 Å². The van der Waals surface area contributed by atoms with Gasteiger partial charge in [0.1, 0.15) is 11.6 Å². The van der Waals surface area contributed by atoms with Crippen LogP contribution in [0.1, 0.15) is 22.3 Å². The van der Waals surface area contributed by atoms with E-state index in [0.29, 0.717) is 21.4 Å². The molecule has 0 aliphatic rings. The van der Waals surface area contributed by atoms with Crippen LogP contribution >= 0.6 is 22.7 Å². The molecular formula is C34H24CoF2N4O2S2. The van der Waals surface area contributed by atoms with E-state index in [0.717, 1.165) is 33.6 Å². The largest absolute Gasteiger partial charge is 2.00 e. The molecule has 11 heteroatoms. The van der Waals surface area contributed by atoms with Crippen molar-refractivity contribution in [3.8, 4) is 34.0 Å². The maximum Gasteiger partial charge on any atom is 2.00 e. The molecular weight excluding hydrogens is 657 g/mol. The van der Waals surface area contributed by atoms with Gasteiger partial charge in [-0.05, 0) is 73.5 Å². The summed E-state index contributed by atoms with van der Waals surface area (Å²) in [7, 11) is 0. The Hall–Kier alpha value is -4.55. The molecule has 6 aromatic rings. The van der Waals surface area contributed by atoms with Crippen molar-refractivity contribution in [2.24, 2.45) is 9.98 Å². The smallest absolute Gasteiger partial charge is 0.872 e. The van der Waals surface area contributed by atoms with Gasteiger partial charge in [0.2, 0.25) is 10.3 Å². The van der Waals surface area contributed by atoms with E-state index in [-0.39, 0.29) is 39.9 Å². The van der Waals surface area contributed by atoms with Crippen molar-refractivity contribution >= 4 is 45.4 Å². The number of aliphatic imine (C=N–C) groups is 2. The third-order valence-electron chi connectivity index (χ3n) is 6.22. The summed E-state index contributed by atoms with van der Waals surface area (Å²) in [5.41, 5.74) is 6.24. The van der Waals surface area contributed by atoms with Crippen LogP contribution in [-0.4, -0.2) is 22.4 Å². The van der Waals surface area contributed by atoms with Crippen LogP contribution < -0.4 is 10.2 Å². The van der Waals surface area contributed by atoms with Gasteiger partial charge in [-0.3, -0.25) is 0 Å². The average Bonchev–Trinajstić information content (AvgIpc) is 3.70. The second-order valence-electron chi connectivity index (χ2n) is 9.64. The molecule has 6 rings (SSSR count). The fraction of sp³-hybridized carbons (Fsp3) is 0.0588. The number of nitrogens with zero attached hydrogens (tertiary/aromatic N) is 4. The van der Waals surface area contributed by atoms with Gasteiger partial charge in [0, 0.05) is 34.3 Å². The van der Waals surface area contributed by atoms with Crippen molar-refractivity contribution in [2.45, 2.75) is 13.8 Å². The van der Waals surface area contributed by atoms with E-state index in [1.807, 2.05) is 24.6 Å². The van der Waals surface area contributed by atoms with Gasteiger partial charge in [0.05, 0.1) is 11.4 Å². The zero-order chi connectivity index (χ0) is 31.1. The standard InChI is InChI=1S/2C17H13FN2OS.Co/c2*1-11-2-7-16(21)13(8-11)9-19-17-20-15(10-22-17)12-3-5-14(18)6-4-12;/h2*2-10,21H,1H3;/q;;+2/p-2/b2*19-9+;. The molecule has 1 radical (unpaired) electrons. The second-order valence-corrected chi connectivity index (χ2v) is 11.3. The SMILES string of the molecule is Cc1ccc([O-])c(/C=N/c2nc(-c3ccc(F)cc3)cs2)c1.Cc1ccc([O-])c(/C=N/c2nc(-c3ccc(F)cc3)cs2)c1.[Co+2]. The Kier molecular flexibility index (Phi) is 11.4. The Morgan fingerprint density at radius 2 is 0.978 bits per heavy atom. The van der Waals surface area contributed by atoms with Crippen LogP contribution in [0.15, 0.2) is 106 Å². The summed E-state index contributed by atoms with van der Waals surface area (Å²) < 4.78 is 25.8. The summed E-state index contributed by atoms with van der Waals surface area (Å²) in [5, 5.41) is 28.2. The van der Waals surface area contributed by atoms with E-state index < -0.39 is 0 Å². The quantitative estimate of drug-likeness (QED) is 0.166. The predicted molar refractivity (Wildman–Crippen MR) is 171 cm³/mol. The van der Waals surface area contributed by atoms with E-state index in [4.69, 9.17) is 0 Å². The van der Waals surface area contributed by atoms with Crippen LogP contribution in [0, 0.1) is 25.5 Å². The van der Waals surface area contributed by atoms with E-state index in [9.17, 15) is 19.0 Å². The Morgan fingerprint density at radius 3 is 1.36 bits per heavy atom. The van der Waals surface area contributed by atoms with Crippen LogP contribution in [-0.2, 0) is 16.8 Å². The van der Waals surface area contributed by atoms with Crippen LogP contribution in [0.25, 0.3) is 22.5 Å². The predicted octanol–water partition coefficient (Wildman–Crippen LogP) is 8.16. The summed E-state index contributed by atoms with van der Waals surface area (Å²) in [5.74, 6) is -0.686. The summed E-state index contributed by atoms with van der Waals surface area (Å²) in [4.78, 5) is 17.2. The maximum atomic E-state index is 12.9. The van der Waals surface area contributed by atoms with Gasteiger partial charge < -0.3 is 10.2 Å².